The minimum atomic E-state index is 0.238. The van der Waals surface area contributed by atoms with Crippen LogP contribution in [0.15, 0.2) is 0 Å². The van der Waals surface area contributed by atoms with Crippen molar-refractivity contribution in [1.29, 1.82) is 0 Å². The van der Waals surface area contributed by atoms with Crippen LogP contribution in [0.5, 0.6) is 0 Å². The Morgan fingerprint density at radius 3 is 2.95 bits per heavy atom. The minimum Gasteiger partial charge on any atom is -0.381 e. The molecule has 0 aromatic carbocycles. The number of rotatable bonds is 4. The van der Waals surface area contributed by atoms with E-state index in [4.69, 9.17) is 14.2 Å². The summed E-state index contributed by atoms with van der Waals surface area (Å²) in [6.07, 6.45) is 6.30. The maximum Gasteiger partial charge on any atom is 0.0677 e. The average molecular weight is 269 g/mol. The summed E-state index contributed by atoms with van der Waals surface area (Å²) in [7, 11) is 0. The van der Waals surface area contributed by atoms with E-state index >= 15 is 0 Å². The molecule has 0 unspecified atom stereocenters. The van der Waals surface area contributed by atoms with Crippen molar-refractivity contribution in [3.63, 3.8) is 0 Å². The fraction of sp³-hybridized carbons (Fsp3) is 1.00. The Balaban J connectivity index is 1.48. The molecule has 2 atom stereocenters. The Morgan fingerprint density at radius 2 is 2.05 bits per heavy atom. The Bertz CT molecular complexity index is 267. The lowest BCUT2D eigenvalue weighted by Crippen LogP contribution is -2.55. The monoisotopic (exact) mass is 269 g/mol. The predicted molar refractivity (Wildman–Crippen MR) is 73.3 cm³/mol. The summed E-state index contributed by atoms with van der Waals surface area (Å²) >= 11 is 0. The van der Waals surface area contributed by atoms with Crippen molar-refractivity contribution in [3.05, 3.63) is 0 Å². The van der Waals surface area contributed by atoms with Gasteiger partial charge in [0.25, 0.3) is 0 Å². The molecule has 3 saturated heterocycles. The molecule has 4 heteroatoms. The molecule has 0 saturated carbocycles. The number of fused-ring (bicyclic) bond motifs is 1. The van der Waals surface area contributed by atoms with Gasteiger partial charge in [-0.15, -0.1) is 0 Å². The second-order valence-corrected chi connectivity index (χ2v) is 6.36. The van der Waals surface area contributed by atoms with Gasteiger partial charge in [-0.1, -0.05) is 0 Å². The van der Waals surface area contributed by atoms with E-state index in [-0.39, 0.29) is 5.41 Å². The Kier molecular flexibility index (Phi) is 4.74. The lowest BCUT2D eigenvalue weighted by molar-refractivity contribution is -0.134. The van der Waals surface area contributed by atoms with Gasteiger partial charge in [0, 0.05) is 38.4 Å². The third-order valence-electron chi connectivity index (χ3n) is 4.97. The van der Waals surface area contributed by atoms with Crippen molar-refractivity contribution in [2.45, 2.75) is 38.2 Å². The summed E-state index contributed by atoms with van der Waals surface area (Å²) in [5.41, 5.74) is 0.238. The molecule has 19 heavy (non-hydrogen) atoms. The van der Waals surface area contributed by atoms with Gasteiger partial charge in [0.05, 0.1) is 12.7 Å². The van der Waals surface area contributed by atoms with Crippen LogP contribution in [-0.2, 0) is 14.2 Å². The van der Waals surface area contributed by atoms with Gasteiger partial charge in [0.1, 0.15) is 0 Å². The van der Waals surface area contributed by atoms with Crippen LogP contribution in [0.4, 0.5) is 0 Å². The average Bonchev–Trinajstić information content (AvgIpc) is 2.48. The molecule has 0 spiro atoms. The molecule has 110 valence electrons. The van der Waals surface area contributed by atoms with Crippen LogP contribution in [0.3, 0.4) is 0 Å². The van der Waals surface area contributed by atoms with Crippen LogP contribution < -0.4 is 5.32 Å². The van der Waals surface area contributed by atoms with E-state index in [1.807, 2.05) is 0 Å². The Labute approximate surface area is 116 Å². The largest absolute Gasteiger partial charge is 0.381 e. The van der Waals surface area contributed by atoms with Gasteiger partial charge in [-0.05, 0) is 44.6 Å². The standard InChI is InChI=1S/C15H27NO3/c1-5-15(11-16-6-2-14(15)19-7-1)12-18-10-13-3-8-17-9-4-13/h13-14,16H,1-12H2/t14-,15+/m0/s1. The number of nitrogens with one attached hydrogen (secondary N) is 1. The summed E-state index contributed by atoms with van der Waals surface area (Å²) in [6, 6.07) is 0. The van der Waals surface area contributed by atoms with Crippen molar-refractivity contribution in [1.82, 2.24) is 5.32 Å². The van der Waals surface area contributed by atoms with Gasteiger partial charge in [-0.25, -0.2) is 0 Å². The number of ether oxygens (including phenoxy) is 3. The van der Waals surface area contributed by atoms with Crippen LogP contribution in [0.2, 0.25) is 0 Å². The molecule has 0 radical (unpaired) electrons. The maximum absolute atomic E-state index is 6.10. The zero-order chi connectivity index (χ0) is 13.0. The molecule has 3 aliphatic heterocycles. The molecule has 0 amide bonds. The summed E-state index contributed by atoms with van der Waals surface area (Å²) in [5, 5.41) is 3.53. The lowest BCUT2D eigenvalue weighted by Gasteiger charge is -2.47. The molecule has 1 N–H and O–H groups in total. The second-order valence-electron chi connectivity index (χ2n) is 6.36. The van der Waals surface area contributed by atoms with E-state index in [1.165, 1.54) is 12.8 Å². The van der Waals surface area contributed by atoms with Crippen LogP contribution in [0.25, 0.3) is 0 Å². The van der Waals surface area contributed by atoms with E-state index in [2.05, 4.69) is 5.32 Å². The summed E-state index contributed by atoms with van der Waals surface area (Å²) < 4.78 is 17.5. The fourth-order valence-electron chi connectivity index (χ4n) is 3.71. The fourth-order valence-corrected chi connectivity index (χ4v) is 3.71. The first-order valence-corrected chi connectivity index (χ1v) is 7.87. The summed E-state index contributed by atoms with van der Waals surface area (Å²) in [5.74, 6) is 0.699. The zero-order valence-corrected chi connectivity index (χ0v) is 11.9. The molecule has 0 aromatic rings. The van der Waals surface area contributed by atoms with Gasteiger partial charge in [-0.3, -0.25) is 0 Å². The molecule has 0 aliphatic carbocycles. The Hall–Kier alpha value is -0.160. The molecule has 0 aromatic heterocycles. The molecule has 4 nitrogen and oxygen atoms in total. The van der Waals surface area contributed by atoms with Crippen LogP contribution >= 0.6 is 0 Å². The van der Waals surface area contributed by atoms with Gasteiger partial charge in [0.2, 0.25) is 0 Å². The molecule has 3 rings (SSSR count). The first kappa shape index (κ1) is 13.8. The van der Waals surface area contributed by atoms with E-state index < -0.39 is 0 Å². The third-order valence-corrected chi connectivity index (χ3v) is 4.97. The highest BCUT2D eigenvalue weighted by atomic mass is 16.5. The van der Waals surface area contributed by atoms with E-state index in [0.29, 0.717) is 12.0 Å². The van der Waals surface area contributed by atoms with E-state index in [9.17, 15) is 0 Å². The highest BCUT2D eigenvalue weighted by molar-refractivity contribution is 4.95. The number of hydrogen-bond donors (Lipinski definition) is 1. The first-order valence-electron chi connectivity index (χ1n) is 7.87. The SMILES string of the molecule is C1CO[C@H]2CCNC[C@@]2(COCC2CCOCC2)C1. The van der Waals surface area contributed by atoms with Crippen molar-refractivity contribution < 1.29 is 14.2 Å². The lowest BCUT2D eigenvalue weighted by atomic mass is 9.73. The summed E-state index contributed by atoms with van der Waals surface area (Å²) in [4.78, 5) is 0. The van der Waals surface area contributed by atoms with Crippen molar-refractivity contribution >= 4 is 0 Å². The van der Waals surface area contributed by atoms with Crippen molar-refractivity contribution in [3.8, 4) is 0 Å². The summed E-state index contributed by atoms with van der Waals surface area (Å²) in [6.45, 7) is 6.67. The quantitative estimate of drug-likeness (QED) is 0.841. The van der Waals surface area contributed by atoms with Crippen LogP contribution in [0, 0.1) is 11.3 Å². The minimum absolute atomic E-state index is 0.238. The third kappa shape index (κ3) is 3.30. The van der Waals surface area contributed by atoms with Gasteiger partial charge in [-0.2, -0.15) is 0 Å². The highest BCUT2D eigenvalue weighted by Gasteiger charge is 2.43. The number of hydrogen-bond acceptors (Lipinski definition) is 4. The van der Waals surface area contributed by atoms with Gasteiger partial charge < -0.3 is 19.5 Å². The molecule has 0 bridgehead atoms. The first-order chi connectivity index (χ1) is 9.39. The molecular formula is C15H27NO3. The van der Waals surface area contributed by atoms with Crippen molar-refractivity contribution in [2.75, 3.05) is 46.1 Å². The molecular weight excluding hydrogens is 242 g/mol. The molecule has 3 fully saturated rings. The normalized spacial score (nSPS) is 36.9. The van der Waals surface area contributed by atoms with E-state index in [1.54, 1.807) is 0 Å². The van der Waals surface area contributed by atoms with Gasteiger partial charge in [0.15, 0.2) is 0 Å². The maximum atomic E-state index is 6.10. The topological polar surface area (TPSA) is 39.7 Å². The van der Waals surface area contributed by atoms with Crippen LogP contribution in [-0.4, -0.2) is 52.2 Å². The highest BCUT2D eigenvalue weighted by Crippen LogP contribution is 2.38. The molecule has 3 heterocycles. The van der Waals surface area contributed by atoms with E-state index in [0.717, 1.165) is 65.4 Å². The van der Waals surface area contributed by atoms with Gasteiger partial charge >= 0.3 is 0 Å². The Morgan fingerprint density at radius 1 is 1.16 bits per heavy atom. The predicted octanol–water partition coefficient (Wildman–Crippen LogP) is 1.59. The van der Waals surface area contributed by atoms with Crippen LogP contribution in [0.1, 0.15) is 32.1 Å². The molecule has 3 aliphatic rings. The number of piperidine rings is 1. The zero-order valence-electron chi connectivity index (χ0n) is 11.9. The second kappa shape index (κ2) is 6.53. The smallest absolute Gasteiger partial charge is 0.0677 e. The van der Waals surface area contributed by atoms with Crippen molar-refractivity contribution in [2.24, 2.45) is 11.3 Å².